The number of carbonyl (C=O) groups excluding carboxylic acids is 3. The largest absolute Gasteiger partial charge is 0.465 e. The molecule has 0 saturated heterocycles. The summed E-state index contributed by atoms with van der Waals surface area (Å²) in [6.45, 7) is 3.31. The highest BCUT2D eigenvalue weighted by Crippen LogP contribution is 2.17. The third-order valence-corrected chi connectivity index (χ3v) is 2.65. The van der Waals surface area contributed by atoms with Gasteiger partial charge in [0.05, 0.1) is 13.2 Å². The lowest BCUT2D eigenvalue weighted by molar-refractivity contribution is -0.158. The van der Waals surface area contributed by atoms with Crippen LogP contribution in [0.3, 0.4) is 0 Å². The summed E-state index contributed by atoms with van der Waals surface area (Å²) in [5.41, 5.74) is 0.156. The molecular formula is C14H17ClO6. The van der Waals surface area contributed by atoms with Gasteiger partial charge in [0.25, 0.3) is 0 Å². The topological polar surface area (TPSA) is 101 Å². The second-order valence-electron chi connectivity index (χ2n) is 3.81. The van der Waals surface area contributed by atoms with Crippen LogP contribution in [-0.4, -0.2) is 36.4 Å². The molecule has 2 N–H and O–H groups in total. The van der Waals surface area contributed by atoms with Crippen LogP contribution < -0.4 is 0 Å². The molecule has 6 nitrogen and oxygen atoms in total. The van der Waals surface area contributed by atoms with Crippen LogP contribution in [0.4, 0.5) is 0 Å². The van der Waals surface area contributed by atoms with Crippen molar-refractivity contribution in [2.75, 3.05) is 13.2 Å². The first-order valence-corrected chi connectivity index (χ1v) is 6.52. The van der Waals surface area contributed by atoms with Crippen molar-refractivity contribution in [1.82, 2.24) is 0 Å². The normalized spacial score (nSPS) is 9.71. The van der Waals surface area contributed by atoms with E-state index in [1.807, 2.05) is 0 Å². The fourth-order valence-corrected chi connectivity index (χ4v) is 1.76. The van der Waals surface area contributed by atoms with Gasteiger partial charge in [-0.05, 0) is 26.0 Å². The molecule has 0 heterocycles. The van der Waals surface area contributed by atoms with Gasteiger partial charge in [0.1, 0.15) is 0 Å². The van der Waals surface area contributed by atoms with Crippen LogP contribution in [0.1, 0.15) is 24.2 Å². The maximum absolute atomic E-state index is 12.3. The first-order valence-electron chi connectivity index (χ1n) is 6.14. The van der Waals surface area contributed by atoms with Crippen molar-refractivity contribution in [3.63, 3.8) is 0 Å². The van der Waals surface area contributed by atoms with Gasteiger partial charge < -0.3 is 14.9 Å². The van der Waals surface area contributed by atoms with E-state index >= 15 is 0 Å². The van der Waals surface area contributed by atoms with Crippen LogP contribution in [0.15, 0.2) is 24.3 Å². The first-order chi connectivity index (χ1) is 9.51. The molecule has 7 heteroatoms. The van der Waals surface area contributed by atoms with Gasteiger partial charge in [0.2, 0.25) is 5.92 Å². The van der Waals surface area contributed by atoms with E-state index in [0.717, 1.165) is 0 Å². The standard InChI is InChI=1S/C14H15ClO5.H2O/c1-3-19-13(17)11(14(18)20-4-2)12(16)9-6-5-7-10(15)8-9;/h5-8,11H,3-4H2,1-2H3;1H2. The molecule has 0 aliphatic rings. The summed E-state index contributed by atoms with van der Waals surface area (Å²) >= 11 is 5.79. The molecular weight excluding hydrogens is 300 g/mol. The van der Waals surface area contributed by atoms with Crippen LogP contribution in [0.2, 0.25) is 5.02 Å². The lowest BCUT2D eigenvalue weighted by atomic mass is 9.98. The van der Waals surface area contributed by atoms with Gasteiger partial charge in [-0.15, -0.1) is 0 Å². The molecule has 0 amide bonds. The van der Waals surface area contributed by atoms with Gasteiger partial charge in [-0.3, -0.25) is 14.4 Å². The predicted molar refractivity (Wildman–Crippen MR) is 76.2 cm³/mol. The van der Waals surface area contributed by atoms with Crippen LogP contribution in [0, 0.1) is 5.92 Å². The van der Waals surface area contributed by atoms with Crippen molar-refractivity contribution in [3.8, 4) is 0 Å². The molecule has 0 fully saturated rings. The number of Topliss-reactive ketones (excluding diaryl/α,β-unsaturated/α-hetero) is 1. The fraction of sp³-hybridized carbons (Fsp3) is 0.357. The molecule has 0 unspecified atom stereocenters. The number of carbonyl (C=O) groups is 3. The summed E-state index contributed by atoms with van der Waals surface area (Å²) in [4.78, 5) is 35.8. The van der Waals surface area contributed by atoms with Crippen molar-refractivity contribution >= 4 is 29.3 Å². The molecule has 116 valence electrons. The minimum absolute atomic E-state index is 0. The van der Waals surface area contributed by atoms with Crippen molar-refractivity contribution in [3.05, 3.63) is 34.9 Å². The number of esters is 2. The molecule has 0 aliphatic carbocycles. The van der Waals surface area contributed by atoms with Gasteiger partial charge in [-0.1, -0.05) is 23.7 Å². The molecule has 1 aromatic rings. The number of hydrogen-bond acceptors (Lipinski definition) is 5. The van der Waals surface area contributed by atoms with Crippen molar-refractivity contribution in [2.24, 2.45) is 5.92 Å². The Labute approximate surface area is 127 Å². The second kappa shape index (κ2) is 9.10. The quantitative estimate of drug-likeness (QED) is 0.449. The highest BCUT2D eigenvalue weighted by Gasteiger charge is 2.37. The van der Waals surface area contributed by atoms with Crippen LogP contribution in [0.5, 0.6) is 0 Å². The Kier molecular flexibility index (Phi) is 8.26. The number of benzene rings is 1. The average molecular weight is 317 g/mol. The third-order valence-electron chi connectivity index (χ3n) is 2.42. The van der Waals surface area contributed by atoms with E-state index in [2.05, 4.69) is 0 Å². The Bertz CT molecular complexity index is 496. The fourth-order valence-electron chi connectivity index (χ4n) is 1.57. The Morgan fingerprint density at radius 2 is 1.62 bits per heavy atom. The molecule has 0 atom stereocenters. The summed E-state index contributed by atoms with van der Waals surface area (Å²) in [6, 6.07) is 6.00. The van der Waals surface area contributed by atoms with Crippen molar-refractivity contribution in [1.29, 1.82) is 0 Å². The Balaban J connectivity index is 0.00000400. The third kappa shape index (κ3) is 5.17. The molecule has 21 heavy (non-hydrogen) atoms. The van der Waals surface area contributed by atoms with Crippen LogP contribution in [-0.2, 0) is 19.1 Å². The van der Waals surface area contributed by atoms with Gasteiger partial charge in [0.15, 0.2) is 5.78 Å². The summed E-state index contributed by atoms with van der Waals surface area (Å²) < 4.78 is 9.50. The summed E-state index contributed by atoms with van der Waals surface area (Å²) in [7, 11) is 0. The molecule has 1 aromatic carbocycles. The number of ketones is 1. The molecule has 0 aliphatic heterocycles. The van der Waals surface area contributed by atoms with E-state index in [-0.39, 0.29) is 24.3 Å². The maximum atomic E-state index is 12.3. The Morgan fingerprint density at radius 3 is 2.05 bits per heavy atom. The summed E-state index contributed by atoms with van der Waals surface area (Å²) in [5, 5.41) is 0.335. The lowest BCUT2D eigenvalue weighted by Gasteiger charge is -2.13. The van der Waals surface area contributed by atoms with Gasteiger partial charge in [-0.25, -0.2) is 0 Å². The van der Waals surface area contributed by atoms with Crippen LogP contribution in [0.25, 0.3) is 0 Å². The van der Waals surface area contributed by atoms with E-state index in [1.165, 1.54) is 12.1 Å². The second-order valence-corrected chi connectivity index (χ2v) is 4.25. The number of rotatable bonds is 6. The molecule has 0 radical (unpaired) electrons. The van der Waals surface area contributed by atoms with Gasteiger partial charge in [0, 0.05) is 10.6 Å². The minimum Gasteiger partial charge on any atom is -0.465 e. The van der Waals surface area contributed by atoms with Crippen LogP contribution >= 0.6 is 11.6 Å². The van der Waals surface area contributed by atoms with E-state index in [4.69, 9.17) is 21.1 Å². The maximum Gasteiger partial charge on any atom is 0.328 e. The van der Waals surface area contributed by atoms with E-state index in [9.17, 15) is 14.4 Å². The summed E-state index contributed by atoms with van der Waals surface area (Å²) in [5.74, 6) is -4.15. The minimum atomic E-state index is -1.62. The predicted octanol–water partition coefficient (Wildman–Crippen LogP) is 1.44. The average Bonchev–Trinajstić information content (AvgIpc) is 2.39. The SMILES string of the molecule is CCOC(=O)C(C(=O)OCC)C(=O)c1cccc(Cl)c1.O. The van der Waals surface area contributed by atoms with E-state index in [1.54, 1.807) is 26.0 Å². The Morgan fingerprint density at radius 1 is 1.10 bits per heavy atom. The highest BCUT2D eigenvalue weighted by atomic mass is 35.5. The van der Waals surface area contributed by atoms with E-state index in [0.29, 0.717) is 5.02 Å². The molecule has 0 bridgehead atoms. The number of halogens is 1. The molecule has 0 aromatic heterocycles. The molecule has 1 rings (SSSR count). The lowest BCUT2D eigenvalue weighted by Crippen LogP contribution is -2.35. The van der Waals surface area contributed by atoms with Crippen molar-refractivity contribution in [2.45, 2.75) is 13.8 Å². The molecule has 0 spiro atoms. The Hall–Kier alpha value is -1.92. The highest BCUT2D eigenvalue weighted by molar-refractivity contribution is 6.31. The zero-order valence-electron chi connectivity index (χ0n) is 11.7. The van der Waals surface area contributed by atoms with Crippen molar-refractivity contribution < 1.29 is 29.3 Å². The zero-order chi connectivity index (χ0) is 15.1. The number of ether oxygens (including phenoxy) is 2. The van der Waals surface area contributed by atoms with Gasteiger partial charge in [-0.2, -0.15) is 0 Å². The first kappa shape index (κ1) is 19.1. The van der Waals surface area contributed by atoms with Gasteiger partial charge >= 0.3 is 11.9 Å². The summed E-state index contributed by atoms with van der Waals surface area (Å²) in [6.07, 6.45) is 0. The smallest absolute Gasteiger partial charge is 0.328 e. The number of hydrogen-bond donors (Lipinski definition) is 0. The zero-order valence-corrected chi connectivity index (χ0v) is 12.5. The molecule has 0 saturated carbocycles. The van der Waals surface area contributed by atoms with E-state index < -0.39 is 23.6 Å². The monoisotopic (exact) mass is 316 g/mol.